The number of rotatable bonds is 8. The number of halogens is 1. The molecule has 2 N–H and O–H groups in total. The molecule has 158 valence electrons. The van der Waals surface area contributed by atoms with E-state index in [1.807, 2.05) is 44.9 Å². The first-order valence-corrected chi connectivity index (χ1v) is 9.16. The summed E-state index contributed by atoms with van der Waals surface area (Å²) < 4.78 is 4.56. The van der Waals surface area contributed by atoms with E-state index in [4.69, 9.17) is 0 Å². The Balaban J connectivity index is 0.00000729. The van der Waals surface area contributed by atoms with E-state index in [1.165, 1.54) is 7.11 Å². The van der Waals surface area contributed by atoms with Gasteiger partial charge in [-0.3, -0.25) is 10.1 Å². The summed E-state index contributed by atoms with van der Waals surface area (Å²) in [6.07, 6.45) is -0.505. The first-order valence-electron chi connectivity index (χ1n) is 9.16. The number of anilines is 1. The summed E-state index contributed by atoms with van der Waals surface area (Å²) in [4.78, 5) is 31.7. The Kier molecular flexibility index (Phi) is 13.0. The Bertz CT molecular complexity index is 633. The summed E-state index contributed by atoms with van der Waals surface area (Å²) in [6, 6.07) is 7.36. The number of nitrogens with zero attached hydrogens (tertiary/aromatic N) is 3. The molecule has 0 aromatic heterocycles. The maximum atomic E-state index is 12.3. The van der Waals surface area contributed by atoms with E-state index in [0.717, 1.165) is 5.56 Å². The van der Waals surface area contributed by atoms with Crippen LogP contribution in [0.15, 0.2) is 29.3 Å². The number of nitrogens with one attached hydrogen (secondary N) is 2. The molecule has 0 heterocycles. The molecule has 0 saturated heterocycles. The molecule has 1 aromatic carbocycles. The Morgan fingerprint density at radius 2 is 1.71 bits per heavy atom. The van der Waals surface area contributed by atoms with E-state index in [0.29, 0.717) is 37.8 Å². The van der Waals surface area contributed by atoms with Gasteiger partial charge in [-0.05, 0) is 38.5 Å². The van der Waals surface area contributed by atoms with Crippen LogP contribution in [0.3, 0.4) is 0 Å². The molecule has 8 nitrogen and oxygen atoms in total. The van der Waals surface area contributed by atoms with Crippen molar-refractivity contribution in [1.82, 2.24) is 15.1 Å². The summed E-state index contributed by atoms with van der Waals surface area (Å²) in [6.45, 7) is 8.78. The third-order valence-corrected chi connectivity index (χ3v) is 3.98. The highest BCUT2D eigenvalue weighted by Gasteiger charge is 2.14. The number of aliphatic imine (C=N–C) groups is 1. The van der Waals surface area contributed by atoms with Crippen molar-refractivity contribution in [2.24, 2.45) is 4.99 Å². The summed E-state index contributed by atoms with van der Waals surface area (Å²) in [7, 11) is 3.18. The quantitative estimate of drug-likeness (QED) is 0.323. The van der Waals surface area contributed by atoms with E-state index in [2.05, 4.69) is 20.4 Å². The Morgan fingerprint density at radius 3 is 2.21 bits per heavy atom. The molecule has 0 aliphatic heterocycles. The van der Waals surface area contributed by atoms with Crippen molar-refractivity contribution < 1.29 is 14.3 Å². The lowest BCUT2D eigenvalue weighted by Crippen LogP contribution is -2.45. The van der Waals surface area contributed by atoms with Crippen molar-refractivity contribution in [3.8, 4) is 0 Å². The van der Waals surface area contributed by atoms with Crippen molar-refractivity contribution >= 4 is 47.6 Å². The number of guanidine groups is 1. The number of likely N-dealkylation sites (N-methyl/N-ethyl adjacent to an activating group) is 2. The van der Waals surface area contributed by atoms with E-state index >= 15 is 0 Å². The number of methoxy groups -OCH3 is 1. The van der Waals surface area contributed by atoms with Gasteiger partial charge in [0.05, 0.1) is 20.2 Å². The van der Waals surface area contributed by atoms with Crippen LogP contribution in [0.4, 0.5) is 10.5 Å². The lowest BCUT2D eigenvalue weighted by Gasteiger charge is -2.25. The third-order valence-electron chi connectivity index (χ3n) is 3.98. The first-order chi connectivity index (χ1) is 12.9. The van der Waals surface area contributed by atoms with Gasteiger partial charge in [0.15, 0.2) is 5.96 Å². The summed E-state index contributed by atoms with van der Waals surface area (Å²) in [5, 5.41) is 5.82. The summed E-state index contributed by atoms with van der Waals surface area (Å²) in [5.41, 5.74) is 1.65. The smallest absolute Gasteiger partial charge is 0.411 e. The van der Waals surface area contributed by atoms with Crippen LogP contribution in [0.5, 0.6) is 0 Å². The molecule has 0 saturated carbocycles. The molecule has 0 spiro atoms. The van der Waals surface area contributed by atoms with E-state index < -0.39 is 6.09 Å². The molecule has 1 aromatic rings. The zero-order valence-electron chi connectivity index (χ0n) is 17.3. The monoisotopic (exact) mass is 505 g/mol. The Labute approximate surface area is 184 Å². The van der Waals surface area contributed by atoms with Gasteiger partial charge in [-0.25, -0.2) is 9.79 Å². The average Bonchev–Trinajstić information content (AvgIpc) is 2.67. The van der Waals surface area contributed by atoms with Crippen LogP contribution in [-0.2, 0) is 16.1 Å². The third kappa shape index (κ3) is 8.77. The fourth-order valence-electron chi connectivity index (χ4n) is 2.45. The largest absolute Gasteiger partial charge is 0.453 e. The van der Waals surface area contributed by atoms with Gasteiger partial charge in [0.2, 0.25) is 5.91 Å². The predicted octanol–water partition coefficient (Wildman–Crippen LogP) is 2.75. The zero-order chi connectivity index (χ0) is 20.2. The molecule has 0 unspecified atom stereocenters. The van der Waals surface area contributed by atoms with Crippen LogP contribution in [0.1, 0.15) is 26.3 Å². The SMILES string of the molecule is CCNC(=NCc1ccc(NC(=O)OC)cc1)N(C)CC(=O)N(CC)CC.I. The second-order valence-corrected chi connectivity index (χ2v) is 5.91. The number of amides is 2. The van der Waals surface area contributed by atoms with Gasteiger partial charge in [0.25, 0.3) is 0 Å². The van der Waals surface area contributed by atoms with E-state index in [-0.39, 0.29) is 36.4 Å². The molecule has 2 amide bonds. The lowest BCUT2D eigenvalue weighted by molar-refractivity contribution is -0.131. The van der Waals surface area contributed by atoms with Crippen LogP contribution >= 0.6 is 24.0 Å². The molecule has 0 radical (unpaired) electrons. The lowest BCUT2D eigenvalue weighted by atomic mass is 10.2. The van der Waals surface area contributed by atoms with Gasteiger partial charge in [-0.15, -0.1) is 24.0 Å². The summed E-state index contributed by atoms with van der Waals surface area (Å²) in [5.74, 6) is 0.751. The van der Waals surface area contributed by atoms with Crippen LogP contribution < -0.4 is 10.6 Å². The molecule has 28 heavy (non-hydrogen) atoms. The van der Waals surface area contributed by atoms with Crippen molar-refractivity contribution in [3.63, 3.8) is 0 Å². The maximum absolute atomic E-state index is 12.3. The van der Waals surface area contributed by atoms with E-state index in [1.54, 1.807) is 17.0 Å². The molecule has 0 atom stereocenters. The van der Waals surface area contributed by atoms with Gasteiger partial charge >= 0.3 is 6.09 Å². The molecular formula is C19H32IN5O3. The highest BCUT2D eigenvalue weighted by molar-refractivity contribution is 14.0. The highest BCUT2D eigenvalue weighted by atomic mass is 127. The number of hydrogen-bond acceptors (Lipinski definition) is 4. The van der Waals surface area contributed by atoms with Crippen LogP contribution in [0.25, 0.3) is 0 Å². The van der Waals surface area contributed by atoms with Gasteiger partial charge in [0, 0.05) is 32.4 Å². The van der Waals surface area contributed by atoms with Crippen LogP contribution in [-0.4, -0.2) is 68.1 Å². The minimum atomic E-state index is -0.505. The van der Waals surface area contributed by atoms with Gasteiger partial charge in [-0.2, -0.15) is 0 Å². The normalized spacial score (nSPS) is 10.5. The summed E-state index contributed by atoms with van der Waals surface area (Å²) >= 11 is 0. The van der Waals surface area contributed by atoms with Gasteiger partial charge < -0.3 is 19.9 Å². The Hall–Kier alpha value is -2.04. The minimum absolute atomic E-state index is 0. The van der Waals surface area contributed by atoms with Crippen LogP contribution in [0, 0.1) is 0 Å². The molecule has 0 aliphatic rings. The Morgan fingerprint density at radius 1 is 1.11 bits per heavy atom. The van der Waals surface area contributed by atoms with Crippen LogP contribution in [0.2, 0.25) is 0 Å². The average molecular weight is 505 g/mol. The fraction of sp³-hybridized carbons (Fsp3) is 0.526. The molecule has 0 bridgehead atoms. The topological polar surface area (TPSA) is 86.3 Å². The molecular weight excluding hydrogens is 473 g/mol. The minimum Gasteiger partial charge on any atom is -0.453 e. The van der Waals surface area contributed by atoms with Crippen molar-refractivity contribution in [3.05, 3.63) is 29.8 Å². The maximum Gasteiger partial charge on any atom is 0.411 e. The zero-order valence-corrected chi connectivity index (χ0v) is 19.6. The van der Waals surface area contributed by atoms with Crippen molar-refractivity contribution in [2.45, 2.75) is 27.3 Å². The van der Waals surface area contributed by atoms with Crippen molar-refractivity contribution in [2.75, 3.05) is 45.7 Å². The molecule has 0 fully saturated rings. The predicted molar refractivity (Wildman–Crippen MR) is 123 cm³/mol. The second-order valence-electron chi connectivity index (χ2n) is 5.91. The number of ether oxygens (including phenoxy) is 1. The number of carbonyl (C=O) groups excluding carboxylic acids is 2. The van der Waals surface area contributed by atoms with Gasteiger partial charge in [-0.1, -0.05) is 12.1 Å². The van der Waals surface area contributed by atoms with Gasteiger partial charge in [0.1, 0.15) is 0 Å². The van der Waals surface area contributed by atoms with E-state index in [9.17, 15) is 9.59 Å². The number of hydrogen-bond donors (Lipinski definition) is 2. The fourth-order valence-corrected chi connectivity index (χ4v) is 2.45. The number of carbonyl (C=O) groups is 2. The number of benzene rings is 1. The van der Waals surface area contributed by atoms with Crippen molar-refractivity contribution in [1.29, 1.82) is 0 Å². The molecule has 1 rings (SSSR count). The second kappa shape index (κ2) is 14.0. The first kappa shape index (κ1) is 26.0. The molecule has 9 heteroatoms. The highest BCUT2D eigenvalue weighted by Crippen LogP contribution is 2.11. The molecule has 0 aliphatic carbocycles. The standard InChI is InChI=1S/C19H31N5O3.HI/c1-6-20-18(23(4)14-17(25)24(7-2)8-3)21-13-15-9-11-16(12-10-15)22-19(26)27-5;/h9-12H,6-8,13-14H2,1-5H3,(H,20,21)(H,22,26);1H.